The van der Waals surface area contributed by atoms with Gasteiger partial charge in [0.1, 0.15) is 0 Å². The van der Waals surface area contributed by atoms with Gasteiger partial charge in [0.05, 0.1) is 12.1 Å². The molecule has 0 fully saturated rings. The summed E-state index contributed by atoms with van der Waals surface area (Å²) in [5.41, 5.74) is 2.11. The zero-order chi connectivity index (χ0) is 15.6. The van der Waals surface area contributed by atoms with E-state index in [0.717, 1.165) is 28.7 Å². The van der Waals surface area contributed by atoms with Crippen LogP contribution in [0.4, 0.5) is 18.9 Å². The molecule has 0 spiro atoms. The maximum Gasteiger partial charge on any atom is 0.416 e. The number of alkyl halides is 3. The van der Waals surface area contributed by atoms with Gasteiger partial charge in [0.2, 0.25) is 0 Å². The fourth-order valence-electron chi connectivity index (χ4n) is 2.16. The quantitative estimate of drug-likeness (QED) is 0.848. The second-order valence-electron chi connectivity index (χ2n) is 4.89. The van der Waals surface area contributed by atoms with E-state index in [2.05, 4.69) is 10.3 Å². The maximum absolute atomic E-state index is 12.7. The van der Waals surface area contributed by atoms with Crippen LogP contribution >= 0.6 is 11.8 Å². The molecule has 6 heteroatoms. The Hall–Kier alpha value is -1.95. The molecule has 2 aromatic carbocycles. The Morgan fingerprint density at radius 2 is 1.91 bits per heavy atom. The Bertz CT molecular complexity index is 711. The van der Waals surface area contributed by atoms with Crippen molar-refractivity contribution in [3.8, 4) is 0 Å². The summed E-state index contributed by atoms with van der Waals surface area (Å²) in [6, 6.07) is 13.2. The van der Waals surface area contributed by atoms with E-state index in [1.807, 2.05) is 24.3 Å². The summed E-state index contributed by atoms with van der Waals surface area (Å²) in [5, 5.41) is 3.94. The molecule has 22 heavy (non-hydrogen) atoms. The maximum atomic E-state index is 12.7. The zero-order valence-electron chi connectivity index (χ0n) is 11.5. The van der Waals surface area contributed by atoms with E-state index >= 15 is 0 Å². The van der Waals surface area contributed by atoms with Crippen molar-refractivity contribution >= 4 is 22.6 Å². The molecule has 0 saturated heterocycles. The number of benzene rings is 2. The molecule has 1 aliphatic rings. The van der Waals surface area contributed by atoms with E-state index in [1.54, 1.807) is 17.8 Å². The third kappa shape index (κ3) is 3.44. The van der Waals surface area contributed by atoms with E-state index in [4.69, 9.17) is 0 Å². The van der Waals surface area contributed by atoms with Gasteiger partial charge in [0.25, 0.3) is 0 Å². The molecule has 0 aromatic heterocycles. The van der Waals surface area contributed by atoms with Gasteiger partial charge in [-0.3, -0.25) is 4.99 Å². The Morgan fingerprint density at radius 1 is 1.09 bits per heavy atom. The molecule has 0 aliphatic carbocycles. The number of halogens is 3. The van der Waals surface area contributed by atoms with E-state index < -0.39 is 11.7 Å². The van der Waals surface area contributed by atoms with Gasteiger partial charge in [-0.25, -0.2) is 0 Å². The zero-order valence-corrected chi connectivity index (χ0v) is 12.3. The van der Waals surface area contributed by atoms with Gasteiger partial charge >= 0.3 is 6.18 Å². The second kappa shape index (κ2) is 6.04. The van der Waals surface area contributed by atoms with Crippen LogP contribution in [0.25, 0.3) is 0 Å². The van der Waals surface area contributed by atoms with Crippen LogP contribution in [0.5, 0.6) is 0 Å². The van der Waals surface area contributed by atoms with Gasteiger partial charge in [0.15, 0.2) is 5.17 Å². The van der Waals surface area contributed by atoms with Crippen LogP contribution < -0.4 is 5.32 Å². The van der Waals surface area contributed by atoms with Crippen molar-refractivity contribution in [2.45, 2.75) is 18.5 Å². The summed E-state index contributed by atoms with van der Waals surface area (Å²) >= 11 is 1.55. The minimum atomic E-state index is -4.32. The molecule has 1 heterocycles. The number of hydrogen-bond donors (Lipinski definition) is 1. The van der Waals surface area contributed by atoms with Crippen LogP contribution in [0.15, 0.2) is 53.5 Å². The monoisotopic (exact) mass is 322 g/mol. The predicted octanol–water partition coefficient (Wildman–Crippen LogP) is 4.92. The average Bonchev–Trinajstić information content (AvgIpc) is 2.52. The molecule has 3 rings (SSSR count). The number of para-hydroxylation sites is 1. The van der Waals surface area contributed by atoms with Crippen molar-refractivity contribution in [1.82, 2.24) is 0 Å². The number of fused-ring (bicyclic) bond motifs is 1. The molecule has 2 nitrogen and oxygen atoms in total. The van der Waals surface area contributed by atoms with Crippen LogP contribution in [0.2, 0.25) is 0 Å². The summed E-state index contributed by atoms with van der Waals surface area (Å²) in [4.78, 5) is 4.38. The highest BCUT2D eigenvalue weighted by atomic mass is 32.2. The third-order valence-electron chi connectivity index (χ3n) is 3.28. The minimum absolute atomic E-state index is 0.224. The molecule has 0 unspecified atom stereocenters. The fourth-order valence-corrected chi connectivity index (χ4v) is 3.04. The van der Waals surface area contributed by atoms with Gasteiger partial charge in [-0.2, -0.15) is 13.2 Å². The molecule has 0 radical (unpaired) electrons. The molecule has 1 N–H and O–H groups in total. The van der Waals surface area contributed by atoms with Crippen LogP contribution in [0, 0.1) is 0 Å². The van der Waals surface area contributed by atoms with Crippen LogP contribution in [0.3, 0.4) is 0 Å². The van der Waals surface area contributed by atoms with Crippen LogP contribution in [-0.2, 0) is 18.5 Å². The van der Waals surface area contributed by atoms with Crippen molar-refractivity contribution < 1.29 is 13.2 Å². The lowest BCUT2D eigenvalue weighted by atomic mass is 10.1. The largest absolute Gasteiger partial charge is 0.416 e. The van der Waals surface area contributed by atoms with Crippen LogP contribution in [-0.4, -0.2) is 5.17 Å². The number of amidine groups is 1. The summed E-state index contributed by atoms with van der Waals surface area (Å²) in [6.45, 7) is 0.224. The van der Waals surface area contributed by atoms with Gasteiger partial charge in [0, 0.05) is 11.4 Å². The molecule has 0 bridgehead atoms. The number of aliphatic imine (C=N–C) groups is 1. The van der Waals surface area contributed by atoms with Gasteiger partial charge in [-0.05, 0) is 29.3 Å². The first-order valence-corrected chi connectivity index (χ1v) is 7.69. The van der Waals surface area contributed by atoms with Crippen molar-refractivity contribution in [3.05, 3.63) is 65.2 Å². The first kappa shape index (κ1) is 15.0. The molecule has 0 atom stereocenters. The predicted molar refractivity (Wildman–Crippen MR) is 83.9 cm³/mol. The smallest absolute Gasteiger partial charge is 0.335 e. The van der Waals surface area contributed by atoms with Crippen molar-refractivity contribution in [2.24, 2.45) is 4.99 Å². The normalized spacial score (nSPS) is 16.2. The average molecular weight is 322 g/mol. The molecule has 0 saturated carbocycles. The highest BCUT2D eigenvalue weighted by Gasteiger charge is 2.30. The Kier molecular flexibility index (Phi) is 4.11. The lowest BCUT2D eigenvalue weighted by Crippen LogP contribution is -2.14. The highest BCUT2D eigenvalue weighted by molar-refractivity contribution is 8.13. The van der Waals surface area contributed by atoms with Crippen LogP contribution in [0.1, 0.15) is 16.7 Å². The minimum Gasteiger partial charge on any atom is -0.335 e. The molecule has 114 valence electrons. The molecule has 1 aliphatic heterocycles. The number of anilines is 1. The molecular formula is C16H13F3N2S. The van der Waals surface area contributed by atoms with Crippen molar-refractivity contribution in [1.29, 1.82) is 0 Å². The van der Waals surface area contributed by atoms with Crippen molar-refractivity contribution in [2.75, 3.05) is 5.32 Å². The number of hydrogen-bond acceptors (Lipinski definition) is 2. The van der Waals surface area contributed by atoms with Crippen molar-refractivity contribution in [3.63, 3.8) is 0 Å². The first-order valence-electron chi connectivity index (χ1n) is 6.71. The molecule has 2 aromatic rings. The van der Waals surface area contributed by atoms with E-state index in [1.165, 1.54) is 11.6 Å². The third-order valence-corrected chi connectivity index (χ3v) is 4.24. The van der Waals surface area contributed by atoms with E-state index in [9.17, 15) is 13.2 Å². The Balaban J connectivity index is 1.73. The van der Waals surface area contributed by atoms with Gasteiger partial charge in [-0.15, -0.1) is 0 Å². The van der Waals surface area contributed by atoms with Gasteiger partial charge in [-0.1, -0.05) is 42.1 Å². The summed E-state index contributed by atoms with van der Waals surface area (Å²) < 4.78 is 38.0. The number of nitrogens with one attached hydrogen (secondary N) is 1. The summed E-state index contributed by atoms with van der Waals surface area (Å²) in [6.07, 6.45) is -4.32. The number of rotatable bonds is 2. The molecular weight excluding hydrogens is 309 g/mol. The first-order chi connectivity index (χ1) is 10.5. The summed E-state index contributed by atoms with van der Waals surface area (Å²) in [5.74, 6) is 0.810. The summed E-state index contributed by atoms with van der Waals surface area (Å²) in [7, 11) is 0. The number of nitrogens with zero attached hydrogens (tertiary/aromatic N) is 1. The standard InChI is InChI=1S/C16H13F3N2S/c17-16(18,19)13-6-3-4-11(8-13)9-20-15-21-14-7-2-1-5-12(14)10-22-15/h1-8H,9-10H2,(H,20,21). The van der Waals surface area contributed by atoms with E-state index in [-0.39, 0.29) is 6.54 Å². The molecule has 0 amide bonds. The fraction of sp³-hybridized carbons (Fsp3) is 0.188. The van der Waals surface area contributed by atoms with E-state index in [0.29, 0.717) is 5.56 Å². The highest BCUT2D eigenvalue weighted by Crippen LogP contribution is 2.30. The lowest BCUT2D eigenvalue weighted by Gasteiger charge is -2.18. The Morgan fingerprint density at radius 3 is 2.73 bits per heavy atom. The lowest BCUT2D eigenvalue weighted by molar-refractivity contribution is -0.137. The topological polar surface area (TPSA) is 24.4 Å². The van der Waals surface area contributed by atoms with Gasteiger partial charge < -0.3 is 5.32 Å². The Labute approximate surface area is 130 Å². The second-order valence-corrected chi connectivity index (χ2v) is 5.85. The number of thioether (sulfide) groups is 1. The SMILES string of the molecule is FC(F)(F)c1cccc(CN=C2Nc3ccccc3CS2)c1.